The lowest BCUT2D eigenvalue weighted by Crippen LogP contribution is -2.44. The molecular weight excluding hydrogens is 431 g/mol. The molecule has 0 unspecified atom stereocenters. The number of nitrogens with zero attached hydrogens (tertiary/aromatic N) is 4. The summed E-state index contributed by atoms with van der Waals surface area (Å²) in [6.07, 6.45) is 0. The van der Waals surface area contributed by atoms with Gasteiger partial charge in [0.25, 0.3) is 0 Å². The molecule has 0 bridgehead atoms. The molecule has 164 valence electrons. The lowest BCUT2D eigenvalue weighted by atomic mass is 10.0. The first kappa shape index (κ1) is 23.1. The molecule has 0 amide bonds. The number of nitrogens with one attached hydrogen (secondary N) is 1. The van der Waals surface area contributed by atoms with Crippen molar-refractivity contribution in [3.63, 3.8) is 0 Å². The number of nitrogen functional groups attached to an aromatic ring is 1. The van der Waals surface area contributed by atoms with Gasteiger partial charge in [0.15, 0.2) is 0 Å². The van der Waals surface area contributed by atoms with Gasteiger partial charge in [-0.15, -0.1) is 12.4 Å². The van der Waals surface area contributed by atoms with Crippen LogP contribution in [-0.4, -0.2) is 48.1 Å². The number of aryl methyl sites for hydroxylation is 1. The number of rotatable bonds is 4. The summed E-state index contributed by atoms with van der Waals surface area (Å²) in [6.45, 7) is 8.22. The fourth-order valence-electron chi connectivity index (χ4n) is 3.69. The maximum atomic E-state index is 6.20. The molecule has 0 spiro atoms. The van der Waals surface area contributed by atoms with E-state index in [-0.39, 0.29) is 12.4 Å². The van der Waals surface area contributed by atoms with Gasteiger partial charge in [-0.2, -0.15) is 4.98 Å². The van der Waals surface area contributed by atoms with Crippen LogP contribution in [0.5, 0.6) is 0 Å². The predicted octanol–water partition coefficient (Wildman–Crippen LogP) is 4.91. The van der Waals surface area contributed by atoms with Gasteiger partial charge in [-0.25, -0.2) is 4.98 Å². The standard InChI is InChI=1S/C23H27ClN6.ClH/c1-15-14-17(24)4-9-20(15)21-16(2)22(25)28-23(27-21)26-18-5-7-19(8-6-18)30-12-10-29(3)11-13-30;/h4-9,14H,10-13H2,1-3H3,(H3,25,26,27,28);1H. The smallest absolute Gasteiger partial charge is 0.229 e. The molecule has 1 fully saturated rings. The molecule has 1 aliphatic heterocycles. The van der Waals surface area contributed by atoms with Crippen LogP contribution in [0.15, 0.2) is 42.5 Å². The highest BCUT2D eigenvalue weighted by Crippen LogP contribution is 2.30. The van der Waals surface area contributed by atoms with Crippen molar-refractivity contribution in [3.8, 4) is 11.3 Å². The molecule has 3 aromatic rings. The average Bonchev–Trinajstić information content (AvgIpc) is 2.72. The number of halogens is 2. The van der Waals surface area contributed by atoms with E-state index in [2.05, 4.69) is 51.4 Å². The lowest BCUT2D eigenvalue weighted by Gasteiger charge is -2.34. The Morgan fingerprint density at radius 1 is 0.968 bits per heavy atom. The highest BCUT2D eigenvalue weighted by molar-refractivity contribution is 6.30. The zero-order chi connectivity index (χ0) is 21.3. The van der Waals surface area contributed by atoms with Crippen molar-refractivity contribution in [1.29, 1.82) is 0 Å². The van der Waals surface area contributed by atoms with Gasteiger partial charge in [-0.3, -0.25) is 0 Å². The second kappa shape index (κ2) is 9.73. The number of nitrogens with two attached hydrogens (primary N) is 1. The fourth-order valence-corrected chi connectivity index (χ4v) is 3.92. The number of benzene rings is 2. The third-order valence-electron chi connectivity index (χ3n) is 5.62. The van der Waals surface area contributed by atoms with Gasteiger partial charge in [-0.1, -0.05) is 17.7 Å². The van der Waals surface area contributed by atoms with Gasteiger partial charge in [-0.05, 0) is 62.9 Å². The summed E-state index contributed by atoms with van der Waals surface area (Å²) >= 11 is 6.11. The van der Waals surface area contributed by atoms with Crippen LogP contribution < -0.4 is 16.0 Å². The fraction of sp³-hybridized carbons (Fsp3) is 0.304. The van der Waals surface area contributed by atoms with Gasteiger partial charge in [0, 0.05) is 53.7 Å². The molecule has 0 saturated carbocycles. The third-order valence-corrected chi connectivity index (χ3v) is 5.85. The van der Waals surface area contributed by atoms with E-state index in [9.17, 15) is 0 Å². The molecular formula is C23H28Cl2N6. The van der Waals surface area contributed by atoms with E-state index in [0.717, 1.165) is 54.3 Å². The van der Waals surface area contributed by atoms with Crippen molar-refractivity contribution < 1.29 is 0 Å². The lowest BCUT2D eigenvalue weighted by molar-refractivity contribution is 0.313. The van der Waals surface area contributed by atoms with Crippen LogP contribution in [0.25, 0.3) is 11.3 Å². The topological polar surface area (TPSA) is 70.3 Å². The molecule has 3 N–H and O–H groups in total. The van der Waals surface area contributed by atoms with E-state index in [4.69, 9.17) is 22.3 Å². The first-order chi connectivity index (χ1) is 14.4. The van der Waals surface area contributed by atoms with Gasteiger partial charge >= 0.3 is 0 Å². The van der Waals surface area contributed by atoms with Crippen molar-refractivity contribution in [2.24, 2.45) is 0 Å². The minimum Gasteiger partial charge on any atom is -0.383 e. The molecule has 1 aliphatic rings. The van der Waals surface area contributed by atoms with Crippen LogP contribution in [0.3, 0.4) is 0 Å². The SMILES string of the molecule is Cc1cc(Cl)ccc1-c1nc(Nc2ccc(N3CCN(C)CC3)cc2)nc(N)c1C.Cl. The molecule has 0 radical (unpaired) electrons. The van der Waals surface area contributed by atoms with Gasteiger partial charge in [0.05, 0.1) is 5.69 Å². The Bertz CT molecular complexity index is 1050. The van der Waals surface area contributed by atoms with Crippen molar-refractivity contribution in [2.45, 2.75) is 13.8 Å². The monoisotopic (exact) mass is 458 g/mol. The Morgan fingerprint density at radius 3 is 2.29 bits per heavy atom. The second-order valence-corrected chi connectivity index (χ2v) is 8.26. The van der Waals surface area contributed by atoms with Crippen LogP contribution in [0.1, 0.15) is 11.1 Å². The highest BCUT2D eigenvalue weighted by Gasteiger charge is 2.15. The van der Waals surface area contributed by atoms with Crippen LogP contribution in [0.4, 0.5) is 23.1 Å². The van der Waals surface area contributed by atoms with Crippen molar-refractivity contribution in [1.82, 2.24) is 14.9 Å². The minimum atomic E-state index is 0. The van der Waals surface area contributed by atoms with Crippen molar-refractivity contribution >= 4 is 47.1 Å². The summed E-state index contributed by atoms with van der Waals surface area (Å²) in [5.74, 6) is 0.945. The van der Waals surface area contributed by atoms with Gasteiger partial charge in [0.2, 0.25) is 5.95 Å². The zero-order valence-electron chi connectivity index (χ0n) is 18.0. The Labute approximate surface area is 194 Å². The highest BCUT2D eigenvalue weighted by atomic mass is 35.5. The molecule has 8 heteroatoms. The minimum absolute atomic E-state index is 0. The molecule has 0 atom stereocenters. The number of piperazine rings is 1. The second-order valence-electron chi connectivity index (χ2n) is 7.83. The molecule has 1 aromatic heterocycles. The van der Waals surface area contributed by atoms with E-state index in [1.807, 2.05) is 32.0 Å². The van der Waals surface area contributed by atoms with Gasteiger partial charge in [0.1, 0.15) is 5.82 Å². The molecule has 6 nitrogen and oxygen atoms in total. The molecule has 2 heterocycles. The van der Waals surface area contributed by atoms with Crippen LogP contribution in [0, 0.1) is 13.8 Å². The summed E-state index contributed by atoms with van der Waals surface area (Å²) in [5.41, 5.74) is 12.1. The van der Waals surface area contributed by atoms with E-state index < -0.39 is 0 Å². The van der Waals surface area contributed by atoms with E-state index >= 15 is 0 Å². The molecule has 31 heavy (non-hydrogen) atoms. The van der Waals surface area contributed by atoms with Crippen LogP contribution >= 0.6 is 24.0 Å². The van der Waals surface area contributed by atoms with Crippen molar-refractivity contribution in [2.75, 3.05) is 49.2 Å². The van der Waals surface area contributed by atoms with Crippen LogP contribution in [0.2, 0.25) is 5.02 Å². The molecule has 1 saturated heterocycles. The number of likely N-dealkylation sites (N-methyl/N-ethyl adjacent to an activating group) is 1. The quantitative estimate of drug-likeness (QED) is 0.578. The largest absolute Gasteiger partial charge is 0.383 e. The Morgan fingerprint density at radius 2 is 1.65 bits per heavy atom. The number of anilines is 4. The normalized spacial score (nSPS) is 14.3. The maximum Gasteiger partial charge on any atom is 0.229 e. The summed E-state index contributed by atoms with van der Waals surface area (Å²) < 4.78 is 0. The first-order valence-corrected chi connectivity index (χ1v) is 10.5. The third kappa shape index (κ3) is 5.21. The van der Waals surface area contributed by atoms with E-state index in [1.165, 1.54) is 5.69 Å². The molecule has 4 rings (SSSR count). The number of aromatic nitrogens is 2. The summed E-state index contributed by atoms with van der Waals surface area (Å²) in [7, 11) is 2.16. The van der Waals surface area contributed by atoms with Crippen molar-refractivity contribution in [3.05, 3.63) is 58.6 Å². The van der Waals surface area contributed by atoms with E-state index in [0.29, 0.717) is 16.8 Å². The Balaban J connectivity index is 0.00000272. The number of hydrogen-bond donors (Lipinski definition) is 2. The van der Waals surface area contributed by atoms with E-state index in [1.54, 1.807) is 0 Å². The Kier molecular flexibility index (Phi) is 7.26. The number of hydrogen-bond acceptors (Lipinski definition) is 6. The van der Waals surface area contributed by atoms with Gasteiger partial charge < -0.3 is 20.9 Å². The Hall–Kier alpha value is -2.54. The molecule has 2 aromatic carbocycles. The zero-order valence-corrected chi connectivity index (χ0v) is 19.6. The average molecular weight is 459 g/mol. The maximum absolute atomic E-state index is 6.20. The summed E-state index contributed by atoms with van der Waals surface area (Å²) in [4.78, 5) is 13.9. The summed E-state index contributed by atoms with van der Waals surface area (Å²) in [6, 6.07) is 14.1. The molecule has 0 aliphatic carbocycles. The predicted molar refractivity (Wildman–Crippen MR) is 133 cm³/mol. The summed E-state index contributed by atoms with van der Waals surface area (Å²) in [5, 5.41) is 4.00. The first-order valence-electron chi connectivity index (χ1n) is 10.1. The van der Waals surface area contributed by atoms with Crippen LogP contribution in [-0.2, 0) is 0 Å².